The number of nitrogens with zero attached hydrogens (tertiary/aromatic N) is 4. The fourth-order valence-corrected chi connectivity index (χ4v) is 5.40. The summed E-state index contributed by atoms with van der Waals surface area (Å²) in [6.07, 6.45) is 0. The van der Waals surface area contributed by atoms with Crippen molar-refractivity contribution in [3.8, 4) is 5.69 Å². The maximum Gasteiger partial charge on any atom is 0.274 e. The smallest absolute Gasteiger partial charge is 0.274 e. The van der Waals surface area contributed by atoms with Crippen LogP contribution >= 0.6 is 0 Å². The Labute approximate surface area is 195 Å². The van der Waals surface area contributed by atoms with Gasteiger partial charge in [0.15, 0.2) is 5.69 Å². The Hall–Kier alpha value is -2.97. The largest absolute Gasteiger partial charge is 0.335 e. The average molecular weight is 467 g/mol. The van der Waals surface area contributed by atoms with Gasteiger partial charge in [0.05, 0.1) is 10.6 Å². The lowest BCUT2D eigenvalue weighted by Gasteiger charge is -2.33. The van der Waals surface area contributed by atoms with Crippen molar-refractivity contribution in [1.82, 2.24) is 19.0 Å². The number of aromatic nitrogens is 2. The van der Waals surface area contributed by atoms with Gasteiger partial charge in [0.1, 0.15) is 0 Å². The molecule has 0 saturated carbocycles. The first kappa shape index (κ1) is 23.2. The molecular weight excluding hydrogens is 436 g/mol. The molecule has 0 unspecified atom stereocenters. The van der Waals surface area contributed by atoms with Crippen LogP contribution in [0.25, 0.3) is 5.69 Å². The van der Waals surface area contributed by atoms with Gasteiger partial charge in [0.25, 0.3) is 5.91 Å². The Bertz CT molecular complexity index is 1240. The van der Waals surface area contributed by atoms with Gasteiger partial charge in [-0.05, 0) is 48.2 Å². The Kier molecular flexibility index (Phi) is 6.16. The quantitative estimate of drug-likeness (QED) is 0.589. The maximum absolute atomic E-state index is 13.1. The van der Waals surface area contributed by atoms with Gasteiger partial charge < -0.3 is 4.90 Å². The van der Waals surface area contributed by atoms with E-state index in [1.54, 1.807) is 27.8 Å². The molecule has 1 aliphatic rings. The molecule has 8 heteroatoms. The Morgan fingerprint density at radius 1 is 0.909 bits per heavy atom. The Balaban J connectivity index is 1.44. The van der Waals surface area contributed by atoms with Crippen molar-refractivity contribution < 1.29 is 13.2 Å². The van der Waals surface area contributed by atoms with Crippen molar-refractivity contribution in [2.24, 2.45) is 0 Å². The minimum atomic E-state index is -3.60. The SMILES string of the molecule is Cc1cc(C(=O)N2CCN(S(=O)(=O)c3ccc(C(C)(C)C)cc3)CC2)nn1-c1ccccc1. The first-order valence-electron chi connectivity index (χ1n) is 11.1. The van der Waals surface area contributed by atoms with Crippen LogP contribution in [0.2, 0.25) is 0 Å². The molecule has 0 atom stereocenters. The van der Waals surface area contributed by atoms with Crippen LogP contribution in [0.3, 0.4) is 0 Å². The van der Waals surface area contributed by atoms with Crippen molar-refractivity contribution in [2.75, 3.05) is 26.2 Å². The van der Waals surface area contributed by atoms with Crippen LogP contribution in [-0.4, -0.2) is 59.5 Å². The van der Waals surface area contributed by atoms with E-state index in [9.17, 15) is 13.2 Å². The molecule has 0 spiro atoms. The fourth-order valence-electron chi connectivity index (χ4n) is 3.98. The molecule has 0 aliphatic carbocycles. The van der Waals surface area contributed by atoms with E-state index in [4.69, 9.17) is 0 Å². The van der Waals surface area contributed by atoms with E-state index in [1.165, 1.54) is 4.31 Å². The van der Waals surface area contributed by atoms with E-state index >= 15 is 0 Å². The van der Waals surface area contributed by atoms with Crippen molar-refractivity contribution in [1.29, 1.82) is 0 Å². The molecule has 1 aromatic heterocycles. The Morgan fingerprint density at radius 2 is 1.52 bits per heavy atom. The van der Waals surface area contributed by atoms with E-state index in [-0.39, 0.29) is 29.3 Å². The number of piperazine rings is 1. The number of amides is 1. The van der Waals surface area contributed by atoms with Crippen molar-refractivity contribution >= 4 is 15.9 Å². The van der Waals surface area contributed by atoms with Crippen LogP contribution in [0.15, 0.2) is 65.6 Å². The summed E-state index contributed by atoms with van der Waals surface area (Å²) in [4.78, 5) is 15.0. The van der Waals surface area contributed by atoms with Crippen LogP contribution in [-0.2, 0) is 15.4 Å². The minimum absolute atomic E-state index is 0.0415. The van der Waals surface area contributed by atoms with Crippen LogP contribution < -0.4 is 0 Å². The summed E-state index contributed by atoms with van der Waals surface area (Å²) in [5, 5.41) is 4.49. The molecule has 0 bridgehead atoms. The number of benzene rings is 2. The zero-order chi connectivity index (χ0) is 23.8. The lowest BCUT2D eigenvalue weighted by molar-refractivity contribution is 0.0691. The molecular formula is C25H30N4O3S. The van der Waals surface area contributed by atoms with E-state index in [0.717, 1.165) is 16.9 Å². The molecule has 1 aliphatic heterocycles. The number of carbonyl (C=O) groups excluding carboxylic acids is 1. The summed E-state index contributed by atoms with van der Waals surface area (Å²) in [5.41, 5.74) is 3.17. The first-order chi connectivity index (χ1) is 15.6. The third-order valence-corrected chi connectivity index (χ3v) is 7.90. The molecule has 1 amide bonds. The van der Waals surface area contributed by atoms with E-state index in [2.05, 4.69) is 25.9 Å². The van der Waals surface area contributed by atoms with Crippen molar-refractivity contribution in [3.63, 3.8) is 0 Å². The maximum atomic E-state index is 13.1. The lowest BCUT2D eigenvalue weighted by atomic mass is 9.87. The second-order valence-corrected chi connectivity index (χ2v) is 11.3. The summed E-state index contributed by atoms with van der Waals surface area (Å²) in [5.74, 6) is -0.181. The minimum Gasteiger partial charge on any atom is -0.335 e. The van der Waals surface area contributed by atoms with E-state index < -0.39 is 10.0 Å². The first-order valence-corrected chi connectivity index (χ1v) is 12.5. The van der Waals surface area contributed by atoms with Crippen molar-refractivity contribution in [3.05, 3.63) is 77.6 Å². The van der Waals surface area contributed by atoms with Crippen LogP contribution in [0.4, 0.5) is 0 Å². The molecule has 3 aromatic rings. The summed E-state index contributed by atoms with van der Waals surface area (Å²) >= 11 is 0. The molecule has 174 valence electrons. The predicted molar refractivity (Wildman–Crippen MR) is 128 cm³/mol. The molecule has 2 heterocycles. The van der Waals surface area contributed by atoms with Gasteiger partial charge >= 0.3 is 0 Å². The van der Waals surface area contributed by atoms with Crippen molar-refractivity contribution in [2.45, 2.75) is 38.0 Å². The molecule has 0 radical (unpaired) electrons. The molecule has 0 N–H and O–H groups in total. The van der Waals surface area contributed by atoms with Gasteiger partial charge in [0.2, 0.25) is 10.0 Å². The van der Waals surface area contributed by atoms with Gasteiger partial charge in [-0.1, -0.05) is 51.1 Å². The van der Waals surface area contributed by atoms with Gasteiger partial charge in [-0.3, -0.25) is 4.79 Å². The normalized spacial score (nSPS) is 15.6. The average Bonchev–Trinajstić information content (AvgIpc) is 3.20. The van der Waals surface area contributed by atoms with Gasteiger partial charge in [0, 0.05) is 31.9 Å². The monoisotopic (exact) mass is 466 g/mol. The topological polar surface area (TPSA) is 75.5 Å². The highest BCUT2D eigenvalue weighted by Gasteiger charge is 2.31. The van der Waals surface area contributed by atoms with E-state index in [0.29, 0.717) is 18.8 Å². The number of hydrogen-bond donors (Lipinski definition) is 0. The summed E-state index contributed by atoms with van der Waals surface area (Å²) < 4.78 is 29.4. The second kappa shape index (κ2) is 8.76. The number of sulfonamides is 1. The lowest BCUT2D eigenvalue weighted by Crippen LogP contribution is -2.50. The van der Waals surface area contributed by atoms with Gasteiger partial charge in [-0.15, -0.1) is 0 Å². The number of hydrogen-bond acceptors (Lipinski definition) is 4. The zero-order valence-electron chi connectivity index (χ0n) is 19.5. The fraction of sp³-hybridized carbons (Fsp3) is 0.360. The standard InChI is InChI=1S/C25H30N4O3S/c1-19-18-23(26-29(19)21-8-6-5-7-9-21)24(30)27-14-16-28(17-15-27)33(31,32)22-12-10-20(11-13-22)25(2,3)4/h5-13,18H,14-17H2,1-4H3. The van der Waals surface area contributed by atoms with Crippen LogP contribution in [0, 0.1) is 6.92 Å². The summed E-state index contributed by atoms with van der Waals surface area (Å²) in [6.45, 7) is 9.36. The third kappa shape index (κ3) is 4.72. The molecule has 2 aromatic carbocycles. The number of para-hydroxylation sites is 1. The van der Waals surface area contributed by atoms with Crippen LogP contribution in [0.1, 0.15) is 42.5 Å². The number of aryl methyl sites for hydroxylation is 1. The Morgan fingerprint density at radius 3 is 2.09 bits per heavy atom. The predicted octanol–water partition coefficient (Wildman–Crippen LogP) is 3.62. The molecule has 33 heavy (non-hydrogen) atoms. The zero-order valence-corrected chi connectivity index (χ0v) is 20.3. The van der Waals surface area contributed by atoms with Crippen LogP contribution in [0.5, 0.6) is 0 Å². The third-order valence-electron chi connectivity index (χ3n) is 5.99. The second-order valence-electron chi connectivity index (χ2n) is 9.39. The molecule has 7 nitrogen and oxygen atoms in total. The summed E-state index contributed by atoms with van der Waals surface area (Å²) in [6, 6.07) is 18.5. The van der Waals surface area contributed by atoms with Gasteiger partial charge in [-0.25, -0.2) is 13.1 Å². The highest BCUT2D eigenvalue weighted by molar-refractivity contribution is 7.89. The highest BCUT2D eigenvalue weighted by atomic mass is 32.2. The van der Waals surface area contributed by atoms with E-state index in [1.807, 2.05) is 49.4 Å². The molecule has 4 rings (SSSR count). The summed E-state index contributed by atoms with van der Waals surface area (Å²) in [7, 11) is -3.60. The number of carbonyl (C=O) groups is 1. The number of rotatable bonds is 4. The molecule has 1 saturated heterocycles. The molecule has 1 fully saturated rings. The van der Waals surface area contributed by atoms with Gasteiger partial charge in [-0.2, -0.15) is 9.40 Å². The highest BCUT2D eigenvalue weighted by Crippen LogP contribution is 2.25.